The van der Waals surface area contributed by atoms with Crippen LogP contribution < -0.4 is 5.32 Å². The molecule has 2 N–H and O–H groups in total. The van der Waals surface area contributed by atoms with E-state index in [4.69, 9.17) is 0 Å². The van der Waals surface area contributed by atoms with Crippen molar-refractivity contribution >= 4 is 27.7 Å². The zero-order valence-corrected chi connectivity index (χ0v) is 20.2. The van der Waals surface area contributed by atoms with Gasteiger partial charge in [-0.1, -0.05) is 31.2 Å². The van der Waals surface area contributed by atoms with E-state index in [1.54, 1.807) is 11.8 Å². The van der Waals surface area contributed by atoms with Gasteiger partial charge in [-0.15, -0.1) is 0 Å². The molecule has 1 aromatic heterocycles. The van der Waals surface area contributed by atoms with Crippen molar-refractivity contribution in [3.05, 3.63) is 53.3 Å². The van der Waals surface area contributed by atoms with Gasteiger partial charge in [-0.25, -0.2) is 8.42 Å². The normalized spacial score (nSPS) is 20.8. The highest BCUT2D eigenvalue weighted by molar-refractivity contribution is 7.99. The largest absolute Gasteiger partial charge is 0.356 e. The summed E-state index contributed by atoms with van der Waals surface area (Å²) in [6, 6.07) is 9.63. The summed E-state index contributed by atoms with van der Waals surface area (Å²) >= 11 is 1.76. The Hall–Kier alpha value is -1.81. The van der Waals surface area contributed by atoms with Crippen LogP contribution in [0, 0.1) is 5.92 Å². The third-order valence-corrected chi connectivity index (χ3v) is 9.02. The molecular formula is C23H32N4O3S2. The highest BCUT2D eigenvalue weighted by Gasteiger charge is 2.27. The van der Waals surface area contributed by atoms with Gasteiger partial charge in [0.05, 0.1) is 0 Å². The average Bonchev–Trinajstić information content (AvgIpc) is 3.30. The summed E-state index contributed by atoms with van der Waals surface area (Å²) in [6.45, 7) is 6.82. The number of benzene rings is 1. The van der Waals surface area contributed by atoms with E-state index in [0.29, 0.717) is 19.6 Å². The average molecular weight is 477 g/mol. The van der Waals surface area contributed by atoms with E-state index < -0.39 is 10.0 Å². The Morgan fingerprint density at radius 1 is 1.19 bits per heavy atom. The minimum Gasteiger partial charge on any atom is -0.356 e. The summed E-state index contributed by atoms with van der Waals surface area (Å²) in [7, 11) is -3.57. The van der Waals surface area contributed by atoms with Gasteiger partial charge in [0.15, 0.2) is 0 Å². The number of hydrogen-bond donors (Lipinski definition) is 2. The molecule has 7 nitrogen and oxygen atoms in total. The number of nitrogens with one attached hydrogen (secondary N) is 2. The zero-order valence-electron chi connectivity index (χ0n) is 18.5. The number of carbonyl (C=O) groups excluding carboxylic acids is 1. The SMILES string of the molecule is CC1CCCN(Cc2ccccc2CNC(=O)c2cc(S(=O)(=O)N3CCSCC3)c[nH]2)C1. The van der Waals surface area contributed by atoms with Crippen molar-refractivity contribution in [2.24, 2.45) is 5.92 Å². The smallest absolute Gasteiger partial charge is 0.268 e. The molecular weight excluding hydrogens is 444 g/mol. The number of hydrogen-bond acceptors (Lipinski definition) is 5. The summed E-state index contributed by atoms with van der Waals surface area (Å²) in [5.41, 5.74) is 2.57. The van der Waals surface area contributed by atoms with Crippen LogP contribution in [0.25, 0.3) is 0 Å². The number of aromatic nitrogens is 1. The van der Waals surface area contributed by atoms with E-state index in [9.17, 15) is 13.2 Å². The van der Waals surface area contributed by atoms with Crippen LogP contribution in [0.1, 0.15) is 41.4 Å². The van der Waals surface area contributed by atoms with Crippen LogP contribution in [0.3, 0.4) is 0 Å². The Kier molecular flexibility index (Phi) is 7.60. The number of rotatable bonds is 7. The quantitative estimate of drug-likeness (QED) is 0.642. The summed E-state index contributed by atoms with van der Waals surface area (Å²) in [6.07, 6.45) is 3.94. The van der Waals surface area contributed by atoms with Crippen LogP contribution in [-0.2, 0) is 23.1 Å². The Balaban J connectivity index is 1.38. The number of nitrogens with zero attached hydrogens (tertiary/aromatic N) is 2. The van der Waals surface area contributed by atoms with E-state index in [0.717, 1.165) is 42.6 Å². The molecule has 2 aliphatic rings. The topological polar surface area (TPSA) is 85.5 Å². The fourth-order valence-corrected chi connectivity index (χ4v) is 6.99. The molecule has 2 saturated heterocycles. The number of likely N-dealkylation sites (tertiary alicyclic amines) is 1. The number of thioether (sulfide) groups is 1. The van der Waals surface area contributed by atoms with E-state index in [1.165, 1.54) is 35.0 Å². The van der Waals surface area contributed by atoms with Crippen LogP contribution in [-0.4, -0.2) is 66.2 Å². The highest BCUT2D eigenvalue weighted by Crippen LogP contribution is 2.22. The molecule has 1 unspecified atom stereocenters. The van der Waals surface area contributed by atoms with Crippen molar-refractivity contribution in [2.75, 3.05) is 37.7 Å². The number of H-pyrrole nitrogens is 1. The molecule has 2 fully saturated rings. The molecule has 32 heavy (non-hydrogen) atoms. The molecule has 0 saturated carbocycles. The van der Waals surface area contributed by atoms with Crippen molar-refractivity contribution in [3.63, 3.8) is 0 Å². The van der Waals surface area contributed by atoms with Gasteiger partial charge in [0.25, 0.3) is 5.91 Å². The first kappa shape index (κ1) is 23.4. The lowest BCUT2D eigenvalue weighted by atomic mass is 9.99. The maximum Gasteiger partial charge on any atom is 0.268 e. The standard InChI is InChI=1S/C23H32N4O3S2/c1-18-5-4-8-26(16-18)17-20-7-3-2-6-19(20)14-25-23(28)22-13-21(15-24-22)32(29,30)27-9-11-31-12-10-27/h2-3,6-7,13,15,18,24H,4-5,8-12,14,16-17H2,1H3,(H,25,28). The maximum atomic E-state index is 12.8. The van der Waals surface area contributed by atoms with Crippen molar-refractivity contribution in [1.82, 2.24) is 19.5 Å². The number of amides is 1. The first-order valence-corrected chi connectivity index (χ1v) is 13.9. The molecule has 0 spiro atoms. The highest BCUT2D eigenvalue weighted by atomic mass is 32.2. The van der Waals surface area contributed by atoms with Gasteiger partial charge in [0.2, 0.25) is 10.0 Å². The first-order valence-electron chi connectivity index (χ1n) is 11.3. The number of sulfonamides is 1. The molecule has 0 aliphatic carbocycles. The van der Waals surface area contributed by atoms with Gasteiger partial charge < -0.3 is 10.3 Å². The predicted molar refractivity (Wildman–Crippen MR) is 128 cm³/mol. The summed E-state index contributed by atoms with van der Waals surface area (Å²) < 4.78 is 27.1. The van der Waals surface area contributed by atoms with Gasteiger partial charge in [0.1, 0.15) is 10.6 Å². The van der Waals surface area contributed by atoms with Crippen molar-refractivity contribution in [1.29, 1.82) is 0 Å². The molecule has 9 heteroatoms. The minimum atomic E-state index is -3.57. The minimum absolute atomic E-state index is 0.147. The molecule has 4 rings (SSSR count). The van der Waals surface area contributed by atoms with Gasteiger partial charge in [-0.3, -0.25) is 9.69 Å². The lowest BCUT2D eigenvalue weighted by Crippen LogP contribution is -2.37. The molecule has 0 bridgehead atoms. The summed E-state index contributed by atoms with van der Waals surface area (Å²) in [5, 5.41) is 2.95. The lowest BCUT2D eigenvalue weighted by molar-refractivity contribution is 0.0946. The number of aromatic amines is 1. The first-order chi connectivity index (χ1) is 15.4. The van der Waals surface area contributed by atoms with Crippen LogP contribution >= 0.6 is 11.8 Å². The molecule has 0 radical (unpaired) electrons. The van der Waals surface area contributed by atoms with Crippen molar-refractivity contribution in [2.45, 2.75) is 37.8 Å². The van der Waals surface area contributed by atoms with Gasteiger partial charge >= 0.3 is 0 Å². The molecule has 1 amide bonds. The lowest BCUT2D eigenvalue weighted by Gasteiger charge is -2.31. The fraction of sp³-hybridized carbons (Fsp3) is 0.522. The van der Waals surface area contributed by atoms with Gasteiger partial charge in [-0.05, 0) is 42.5 Å². The summed E-state index contributed by atoms with van der Waals surface area (Å²) in [4.78, 5) is 18.2. The van der Waals surface area contributed by atoms with E-state index in [1.807, 2.05) is 18.2 Å². The van der Waals surface area contributed by atoms with E-state index in [-0.39, 0.29) is 16.5 Å². The van der Waals surface area contributed by atoms with Crippen LogP contribution in [0.5, 0.6) is 0 Å². The van der Waals surface area contributed by atoms with Crippen molar-refractivity contribution < 1.29 is 13.2 Å². The fourth-order valence-electron chi connectivity index (χ4n) is 4.42. The Labute approximate surface area is 195 Å². The number of carbonyl (C=O) groups is 1. The third kappa shape index (κ3) is 5.57. The Bertz CT molecular complexity index is 1030. The predicted octanol–water partition coefficient (Wildman–Crippen LogP) is 2.91. The Morgan fingerprint density at radius 3 is 2.69 bits per heavy atom. The second kappa shape index (κ2) is 10.4. The molecule has 2 aliphatic heterocycles. The Morgan fingerprint density at radius 2 is 1.94 bits per heavy atom. The molecule has 3 heterocycles. The second-order valence-electron chi connectivity index (χ2n) is 8.70. The van der Waals surface area contributed by atoms with E-state index in [2.05, 4.69) is 28.2 Å². The van der Waals surface area contributed by atoms with Crippen molar-refractivity contribution in [3.8, 4) is 0 Å². The monoisotopic (exact) mass is 476 g/mol. The van der Waals surface area contributed by atoms with E-state index >= 15 is 0 Å². The van der Waals surface area contributed by atoms with Crippen LogP contribution in [0.15, 0.2) is 41.4 Å². The number of piperidine rings is 1. The summed E-state index contributed by atoms with van der Waals surface area (Å²) in [5.74, 6) is 2.01. The van der Waals surface area contributed by atoms with Crippen LogP contribution in [0.4, 0.5) is 0 Å². The third-order valence-electron chi connectivity index (χ3n) is 6.20. The zero-order chi connectivity index (χ0) is 22.6. The molecule has 1 atom stereocenters. The van der Waals surface area contributed by atoms with Crippen LogP contribution in [0.2, 0.25) is 0 Å². The van der Waals surface area contributed by atoms with Gasteiger partial charge in [0, 0.05) is 50.4 Å². The molecule has 1 aromatic carbocycles. The molecule has 2 aromatic rings. The molecule has 174 valence electrons. The second-order valence-corrected chi connectivity index (χ2v) is 11.9. The van der Waals surface area contributed by atoms with Gasteiger partial charge in [-0.2, -0.15) is 16.1 Å². The maximum absolute atomic E-state index is 12.8.